The van der Waals surface area contributed by atoms with Gasteiger partial charge in [-0.1, -0.05) is 18.9 Å². The number of pyridine rings is 1. The van der Waals surface area contributed by atoms with Gasteiger partial charge < -0.3 is 10.1 Å². The van der Waals surface area contributed by atoms with Gasteiger partial charge in [-0.3, -0.25) is 4.79 Å². The number of nitrogens with zero attached hydrogens (tertiary/aromatic N) is 1. The molecule has 3 rings (SSSR count). The molecule has 2 aliphatic rings. The van der Waals surface area contributed by atoms with Gasteiger partial charge in [0.15, 0.2) is 0 Å². The largest absolute Gasteiger partial charge is 0.474 e. The van der Waals surface area contributed by atoms with Crippen molar-refractivity contribution in [3.8, 4) is 5.88 Å². The van der Waals surface area contributed by atoms with E-state index in [1.807, 2.05) is 30.0 Å². The fourth-order valence-electron chi connectivity index (χ4n) is 3.43. The second-order valence-electron chi connectivity index (χ2n) is 6.54. The Bertz CT molecular complexity index is 483. The topological polar surface area (TPSA) is 51.2 Å². The number of amides is 1. The van der Waals surface area contributed by atoms with Crippen LogP contribution in [0.2, 0.25) is 0 Å². The van der Waals surface area contributed by atoms with Crippen LogP contribution in [0.25, 0.3) is 0 Å². The van der Waals surface area contributed by atoms with Gasteiger partial charge in [0.2, 0.25) is 11.8 Å². The average Bonchev–Trinajstić information content (AvgIpc) is 3.09. The smallest absolute Gasteiger partial charge is 0.230 e. The zero-order chi connectivity index (χ0) is 15.9. The summed E-state index contributed by atoms with van der Waals surface area (Å²) in [6.45, 7) is 0. The Morgan fingerprint density at radius 3 is 2.65 bits per heavy atom. The van der Waals surface area contributed by atoms with E-state index in [0.717, 1.165) is 25.7 Å². The van der Waals surface area contributed by atoms with Crippen LogP contribution in [-0.4, -0.2) is 34.0 Å². The maximum Gasteiger partial charge on any atom is 0.230 e. The molecular weight excluding hydrogens is 308 g/mol. The molecule has 0 atom stereocenters. The summed E-state index contributed by atoms with van der Waals surface area (Å²) in [7, 11) is 0. The zero-order valence-corrected chi connectivity index (χ0v) is 14.4. The van der Waals surface area contributed by atoms with E-state index in [1.165, 1.54) is 25.7 Å². The molecule has 1 heterocycles. The number of aromatic nitrogens is 1. The van der Waals surface area contributed by atoms with Gasteiger partial charge in [-0.15, -0.1) is 11.8 Å². The summed E-state index contributed by atoms with van der Waals surface area (Å²) in [5.74, 6) is 1.53. The number of ether oxygens (including phenoxy) is 1. The van der Waals surface area contributed by atoms with Crippen LogP contribution >= 0.6 is 11.8 Å². The Kier molecular flexibility index (Phi) is 6.20. The lowest BCUT2D eigenvalue weighted by atomic mass is 9.93. The highest BCUT2D eigenvalue weighted by molar-refractivity contribution is 8.00. The molecule has 2 saturated carbocycles. The van der Waals surface area contributed by atoms with Crippen LogP contribution in [-0.2, 0) is 4.79 Å². The maximum absolute atomic E-state index is 12.1. The Labute approximate surface area is 142 Å². The molecule has 0 aromatic carbocycles. The van der Waals surface area contributed by atoms with Crippen molar-refractivity contribution < 1.29 is 9.53 Å². The molecular formula is C18H26N2O2S. The normalized spacial score (nSPS) is 25.2. The molecule has 1 aromatic heterocycles. The van der Waals surface area contributed by atoms with Gasteiger partial charge >= 0.3 is 0 Å². The van der Waals surface area contributed by atoms with Crippen molar-refractivity contribution in [2.45, 2.75) is 68.8 Å². The highest BCUT2D eigenvalue weighted by atomic mass is 32.2. The SMILES string of the molecule is O=C(CSC1CCCC1)NC1CCC(Oc2ccccn2)CC1. The van der Waals surface area contributed by atoms with Crippen LogP contribution in [0.15, 0.2) is 24.4 Å². The number of hydrogen-bond donors (Lipinski definition) is 1. The maximum atomic E-state index is 12.1. The van der Waals surface area contributed by atoms with Crippen LogP contribution in [0.4, 0.5) is 0 Å². The summed E-state index contributed by atoms with van der Waals surface area (Å²) >= 11 is 1.84. The molecule has 0 saturated heterocycles. The van der Waals surface area contributed by atoms with Gasteiger partial charge in [-0.05, 0) is 44.6 Å². The van der Waals surface area contributed by atoms with Crippen LogP contribution in [0.3, 0.4) is 0 Å². The Hall–Kier alpha value is -1.23. The lowest BCUT2D eigenvalue weighted by Gasteiger charge is -2.29. The highest BCUT2D eigenvalue weighted by Gasteiger charge is 2.24. The van der Waals surface area contributed by atoms with E-state index in [2.05, 4.69) is 10.3 Å². The molecule has 4 nitrogen and oxygen atoms in total. The van der Waals surface area contributed by atoms with Crippen molar-refractivity contribution in [1.29, 1.82) is 0 Å². The van der Waals surface area contributed by atoms with Crippen molar-refractivity contribution in [1.82, 2.24) is 10.3 Å². The number of thioether (sulfide) groups is 1. The third-order valence-electron chi connectivity index (χ3n) is 4.72. The van der Waals surface area contributed by atoms with Crippen LogP contribution in [0, 0.1) is 0 Å². The Morgan fingerprint density at radius 2 is 1.96 bits per heavy atom. The summed E-state index contributed by atoms with van der Waals surface area (Å²) in [5, 5.41) is 3.91. The van der Waals surface area contributed by atoms with Crippen LogP contribution in [0.5, 0.6) is 5.88 Å². The molecule has 0 aliphatic heterocycles. The fraction of sp³-hybridized carbons (Fsp3) is 0.667. The van der Waals surface area contributed by atoms with Crippen molar-refractivity contribution in [2.24, 2.45) is 0 Å². The zero-order valence-electron chi connectivity index (χ0n) is 13.6. The second kappa shape index (κ2) is 8.57. The quantitative estimate of drug-likeness (QED) is 0.864. The standard InChI is InChI=1S/C18H26N2O2S/c21-17(13-23-16-5-1-2-6-16)20-14-8-10-15(11-9-14)22-18-7-3-4-12-19-18/h3-4,7,12,14-16H,1-2,5-6,8-11,13H2,(H,20,21). The summed E-state index contributed by atoms with van der Waals surface area (Å²) in [6.07, 6.45) is 11.2. The lowest BCUT2D eigenvalue weighted by Crippen LogP contribution is -2.40. The number of rotatable bonds is 6. The molecule has 0 bridgehead atoms. The van der Waals surface area contributed by atoms with E-state index in [0.29, 0.717) is 22.9 Å². The first-order valence-corrected chi connectivity index (χ1v) is 9.83. The first-order valence-electron chi connectivity index (χ1n) is 8.78. The third kappa shape index (κ3) is 5.41. The first-order chi connectivity index (χ1) is 11.3. The lowest BCUT2D eigenvalue weighted by molar-refractivity contribution is -0.119. The highest BCUT2D eigenvalue weighted by Crippen LogP contribution is 2.29. The first kappa shape index (κ1) is 16.6. The van der Waals surface area contributed by atoms with Crippen molar-refractivity contribution in [2.75, 3.05) is 5.75 Å². The van der Waals surface area contributed by atoms with Gasteiger partial charge in [-0.2, -0.15) is 0 Å². The number of carbonyl (C=O) groups excluding carboxylic acids is 1. The number of hydrogen-bond acceptors (Lipinski definition) is 4. The average molecular weight is 334 g/mol. The predicted molar refractivity (Wildman–Crippen MR) is 93.8 cm³/mol. The van der Waals surface area contributed by atoms with Gasteiger partial charge in [-0.25, -0.2) is 4.98 Å². The van der Waals surface area contributed by atoms with E-state index in [4.69, 9.17) is 4.74 Å². The van der Waals surface area contributed by atoms with Crippen LogP contribution < -0.4 is 10.1 Å². The number of nitrogens with one attached hydrogen (secondary N) is 1. The fourth-order valence-corrected chi connectivity index (χ4v) is 4.57. The molecule has 126 valence electrons. The minimum Gasteiger partial charge on any atom is -0.474 e. The molecule has 1 N–H and O–H groups in total. The molecule has 2 fully saturated rings. The predicted octanol–water partition coefficient (Wildman–Crippen LogP) is 3.56. The Morgan fingerprint density at radius 1 is 1.17 bits per heavy atom. The molecule has 1 aromatic rings. The van der Waals surface area contributed by atoms with Crippen LogP contribution in [0.1, 0.15) is 51.4 Å². The molecule has 0 spiro atoms. The third-order valence-corrected chi connectivity index (χ3v) is 6.09. The summed E-state index contributed by atoms with van der Waals surface area (Å²) in [6, 6.07) is 6.04. The molecule has 1 amide bonds. The molecule has 2 aliphatic carbocycles. The number of carbonyl (C=O) groups is 1. The van der Waals surface area contributed by atoms with E-state index < -0.39 is 0 Å². The van der Waals surface area contributed by atoms with Gasteiger partial charge in [0.05, 0.1) is 5.75 Å². The van der Waals surface area contributed by atoms with Crippen molar-refractivity contribution in [3.63, 3.8) is 0 Å². The molecule has 23 heavy (non-hydrogen) atoms. The van der Waals surface area contributed by atoms with E-state index in [1.54, 1.807) is 6.20 Å². The Balaban J connectivity index is 1.33. The van der Waals surface area contributed by atoms with E-state index >= 15 is 0 Å². The van der Waals surface area contributed by atoms with Gasteiger partial charge in [0.25, 0.3) is 0 Å². The van der Waals surface area contributed by atoms with Crippen molar-refractivity contribution >= 4 is 17.7 Å². The van der Waals surface area contributed by atoms with E-state index in [9.17, 15) is 4.79 Å². The molecule has 0 radical (unpaired) electrons. The second-order valence-corrected chi connectivity index (χ2v) is 7.83. The monoisotopic (exact) mass is 334 g/mol. The summed E-state index contributed by atoms with van der Waals surface area (Å²) in [4.78, 5) is 16.3. The van der Waals surface area contributed by atoms with E-state index in [-0.39, 0.29) is 12.0 Å². The summed E-state index contributed by atoms with van der Waals surface area (Å²) in [5.41, 5.74) is 0. The molecule has 0 unspecified atom stereocenters. The van der Waals surface area contributed by atoms with Gasteiger partial charge in [0.1, 0.15) is 6.10 Å². The van der Waals surface area contributed by atoms with Gasteiger partial charge in [0, 0.05) is 23.6 Å². The van der Waals surface area contributed by atoms with Crippen molar-refractivity contribution in [3.05, 3.63) is 24.4 Å². The minimum absolute atomic E-state index is 0.205. The molecule has 5 heteroatoms. The summed E-state index contributed by atoms with van der Waals surface area (Å²) < 4.78 is 5.90. The minimum atomic E-state index is 0.205.